The first-order chi connectivity index (χ1) is 21.6. The van der Waals surface area contributed by atoms with Gasteiger partial charge in [-0.25, -0.2) is 36.5 Å². The van der Waals surface area contributed by atoms with Crippen molar-refractivity contribution in [2.75, 3.05) is 24.5 Å². The molecule has 0 N–H and O–H groups in total. The number of fused-ring (bicyclic) bond motifs is 1. The highest BCUT2D eigenvalue weighted by atomic mass is 32.2. The number of hydrogen-bond acceptors (Lipinski definition) is 8. The summed E-state index contributed by atoms with van der Waals surface area (Å²) in [6.07, 6.45) is -2.79. The number of benzene rings is 1. The van der Waals surface area contributed by atoms with E-state index in [4.69, 9.17) is 0 Å². The highest BCUT2D eigenvalue weighted by Crippen LogP contribution is 2.40. The van der Waals surface area contributed by atoms with Crippen LogP contribution in [0.3, 0.4) is 0 Å². The number of piperazine rings is 1. The Morgan fingerprint density at radius 1 is 1.09 bits per heavy atom. The zero-order valence-electron chi connectivity index (χ0n) is 24.7. The van der Waals surface area contributed by atoms with E-state index in [9.17, 15) is 31.2 Å². The number of halogens is 5. The van der Waals surface area contributed by atoms with Crippen LogP contribution in [0, 0.1) is 11.6 Å². The SMILES string of the molecule is C=CC(=O)N1CCN(c2nc(=O)n(-c3cccnc3S(=O)(=O)C(C)C)c3nc(-c4c(F)cccc4C(F)(F)F)c(F)cc23)[C@@H](C)C1. The average molecular weight is 663 g/mol. The first-order valence-electron chi connectivity index (χ1n) is 13.9. The fraction of sp³-hybridized carbons (Fsp3) is 0.300. The van der Waals surface area contributed by atoms with E-state index in [1.165, 1.54) is 37.1 Å². The molecular formula is C30H27F5N6O4S. The van der Waals surface area contributed by atoms with Crippen LogP contribution in [0.1, 0.15) is 26.3 Å². The Kier molecular flexibility index (Phi) is 8.44. The summed E-state index contributed by atoms with van der Waals surface area (Å²) in [5.74, 6) is -3.23. The molecular weight excluding hydrogens is 635 g/mol. The van der Waals surface area contributed by atoms with Crippen molar-refractivity contribution in [3.63, 3.8) is 0 Å². The summed E-state index contributed by atoms with van der Waals surface area (Å²) in [6, 6.07) is 4.92. The van der Waals surface area contributed by atoms with Crippen LogP contribution < -0.4 is 10.6 Å². The molecule has 4 aromatic rings. The van der Waals surface area contributed by atoms with Gasteiger partial charge in [-0.05, 0) is 57.2 Å². The number of carbonyl (C=O) groups is 1. The number of hydrogen-bond donors (Lipinski definition) is 0. The summed E-state index contributed by atoms with van der Waals surface area (Å²) >= 11 is 0. The monoisotopic (exact) mass is 662 g/mol. The summed E-state index contributed by atoms with van der Waals surface area (Å²) in [5.41, 5.74) is -5.71. The number of sulfone groups is 1. The molecule has 1 fully saturated rings. The Morgan fingerprint density at radius 2 is 1.80 bits per heavy atom. The number of rotatable bonds is 6. The van der Waals surface area contributed by atoms with Gasteiger partial charge in [0.05, 0.1) is 27.5 Å². The van der Waals surface area contributed by atoms with Crippen LogP contribution in [0.2, 0.25) is 0 Å². The van der Waals surface area contributed by atoms with Crippen molar-refractivity contribution in [3.8, 4) is 16.9 Å². The summed E-state index contributed by atoms with van der Waals surface area (Å²) < 4.78 is 100. The van der Waals surface area contributed by atoms with E-state index < -0.39 is 72.1 Å². The quantitative estimate of drug-likeness (QED) is 0.218. The predicted molar refractivity (Wildman–Crippen MR) is 159 cm³/mol. The molecule has 1 saturated heterocycles. The number of amides is 1. The molecule has 16 heteroatoms. The van der Waals surface area contributed by atoms with Crippen molar-refractivity contribution in [1.82, 2.24) is 24.4 Å². The normalized spacial score (nSPS) is 15.9. The zero-order valence-corrected chi connectivity index (χ0v) is 25.5. The lowest BCUT2D eigenvalue weighted by molar-refractivity contribution is -0.137. The van der Waals surface area contributed by atoms with Gasteiger partial charge in [-0.2, -0.15) is 18.2 Å². The maximum Gasteiger partial charge on any atom is 0.417 e. The van der Waals surface area contributed by atoms with E-state index in [1.807, 2.05) is 0 Å². The lowest BCUT2D eigenvalue weighted by atomic mass is 10.0. The minimum absolute atomic E-state index is 0.112. The van der Waals surface area contributed by atoms with Gasteiger partial charge < -0.3 is 9.80 Å². The molecule has 0 saturated carbocycles. The van der Waals surface area contributed by atoms with Crippen LogP contribution in [0.25, 0.3) is 28.0 Å². The van der Waals surface area contributed by atoms with Gasteiger partial charge in [0.15, 0.2) is 26.3 Å². The van der Waals surface area contributed by atoms with E-state index in [0.717, 1.165) is 18.2 Å². The van der Waals surface area contributed by atoms with Crippen LogP contribution >= 0.6 is 0 Å². The summed E-state index contributed by atoms with van der Waals surface area (Å²) in [5, 5.41) is -1.74. The van der Waals surface area contributed by atoms with Crippen molar-refractivity contribution in [1.29, 1.82) is 0 Å². The molecule has 1 aromatic carbocycles. The van der Waals surface area contributed by atoms with E-state index >= 15 is 8.78 Å². The van der Waals surface area contributed by atoms with Gasteiger partial charge in [0, 0.05) is 31.9 Å². The number of nitrogens with zero attached hydrogens (tertiary/aromatic N) is 6. The summed E-state index contributed by atoms with van der Waals surface area (Å²) in [7, 11) is -4.17. The van der Waals surface area contributed by atoms with Gasteiger partial charge in [-0.3, -0.25) is 4.79 Å². The second-order valence-electron chi connectivity index (χ2n) is 10.9. The first kappa shape index (κ1) is 32.7. The van der Waals surface area contributed by atoms with E-state index in [2.05, 4.69) is 21.5 Å². The average Bonchev–Trinajstić information content (AvgIpc) is 3.00. The molecule has 0 aliphatic carbocycles. The first-order valence-corrected chi connectivity index (χ1v) is 15.5. The molecule has 1 amide bonds. The standard InChI is InChI=1S/C30H27F5N6O4S/c1-5-23(42)39-12-13-40(17(4)15-39)26-18-14-21(32)25(24-19(30(33,34)35)8-6-9-20(24)31)37-27(18)41(29(43)38-26)22-10-7-11-36-28(22)46(44,45)16(2)3/h5-11,14,16-17H,1,12-13,15H2,2-4H3/t17-/m0/s1. The highest BCUT2D eigenvalue weighted by molar-refractivity contribution is 7.92. The topological polar surface area (TPSA) is 118 Å². The fourth-order valence-corrected chi connectivity index (χ4v) is 6.42. The Balaban J connectivity index is 1.87. The Morgan fingerprint density at radius 3 is 2.43 bits per heavy atom. The maximum atomic E-state index is 15.9. The molecule has 1 aliphatic heterocycles. The van der Waals surface area contributed by atoms with E-state index in [0.29, 0.717) is 16.7 Å². The Bertz CT molecular complexity index is 2050. The van der Waals surface area contributed by atoms with Crippen LogP contribution in [0.15, 0.2) is 65.1 Å². The third-order valence-electron chi connectivity index (χ3n) is 7.63. The van der Waals surface area contributed by atoms with Crippen molar-refractivity contribution in [2.45, 2.75) is 43.3 Å². The van der Waals surface area contributed by atoms with Crippen LogP contribution in [0.4, 0.5) is 27.8 Å². The number of anilines is 1. The predicted octanol–water partition coefficient (Wildman–Crippen LogP) is 4.54. The van der Waals surface area contributed by atoms with Crippen molar-refractivity contribution < 1.29 is 35.2 Å². The molecule has 5 rings (SSSR count). The van der Waals surface area contributed by atoms with E-state index in [1.54, 1.807) is 11.8 Å². The molecule has 0 unspecified atom stereocenters. The second-order valence-corrected chi connectivity index (χ2v) is 13.3. The van der Waals surface area contributed by atoms with Crippen LogP contribution in [0.5, 0.6) is 0 Å². The molecule has 0 bridgehead atoms. The molecule has 242 valence electrons. The minimum atomic E-state index is -5.11. The Hall–Kier alpha value is -4.73. The second kappa shape index (κ2) is 11.9. The third kappa shape index (κ3) is 5.61. The molecule has 0 spiro atoms. The zero-order chi connectivity index (χ0) is 33.7. The molecule has 4 heterocycles. The number of carbonyl (C=O) groups excluding carboxylic acids is 1. The smallest absolute Gasteiger partial charge is 0.350 e. The van der Waals surface area contributed by atoms with Crippen LogP contribution in [-0.4, -0.2) is 69.7 Å². The van der Waals surface area contributed by atoms with Gasteiger partial charge >= 0.3 is 11.9 Å². The molecule has 1 atom stereocenters. The van der Waals surface area contributed by atoms with Gasteiger partial charge in [0.2, 0.25) is 5.91 Å². The van der Waals surface area contributed by atoms with Crippen molar-refractivity contribution >= 4 is 32.6 Å². The van der Waals surface area contributed by atoms with E-state index in [-0.39, 0.29) is 42.4 Å². The van der Waals surface area contributed by atoms with Gasteiger partial charge in [0.1, 0.15) is 17.3 Å². The summed E-state index contributed by atoms with van der Waals surface area (Å²) in [4.78, 5) is 41.4. The summed E-state index contributed by atoms with van der Waals surface area (Å²) in [6.45, 7) is 8.40. The van der Waals surface area contributed by atoms with Gasteiger partial charge in [-0.1, -0.05) is 12.6 Å². The Labute approximate surface area is 259 Å². The lowest BCUT2D eigenvalue weighted by Gasteiger charge is -2.40. The number of pyridine rings is 2. The third-order valence-corrected chi connectivity index (χ3v) is 9.72. The molecule has 10 nitrogen and oxygen atoms in total. The van der Waals surface area contributed by atoms with Crippen molar-refractivity contribution in [2.24, 2.45) is 0 Å². The molecule has 46 heavy (non-hydrogen) atoms. The number of aromatic nitrogens is 4. The largest absolute Gasteiger partial charge is 0.417 e. The fourth-order valence-electron chi connectivity index (χ4n) is 5.31. The van der Waals surface area contributed by atoms with Gasteiger partial charge in [-0.15, -0.1) is 0 Å². The molecule has 3 aromatic heterocycles. The number of alkyl halides is 3. The molecule has 1 aliphatic rings. The highest BCUT2D eigenvalue weighted by Gasteiger charge is 2.37. The lowest BCUT2D eigenvalue weighted by Crippen LogP contribution is -2.54. The molecule has 0 radical (unpaired) electrons. The van der Waals surface area contributed by atoms with Crippen molar-refractivity contribution in [3.05, 3.63) is 82.9 Å². The minimum Gasteiger partial charge on any atom is -0.350 e. The van der Waals surface area contributed by atoms with Gasteiger partial charge in [0.25, 0.3) is 0 Å². The maximum absolute atomic E-state index is 15.9. The van der Waals surface area contributed by atoms with Crippen LogP contribution in [-0.2, 0) is 20.8 Å².